The number of hydrogen-bond acceptors (Lipinski definition) is 4. The molecular formula is C21H22N2O4. The van der Waals surface area contributed by atoms with Gasteiger partial charge in [-0.2, -0.15) is 0 Å². The van der Waals surface area contributed by atoms with Gasteiger partial charge in [0.05, 0.1) is 31.1 Å². The van der Waals surface area contributed by atoms with Crippen LogP contribution in [0, 0.1) is 12.8 Å². The van der Waals surface area contributed by atoms with E-state index in [9.17, 15) is 9.59 Å². The number of nitrogens with zero attached hydrogens (tertiary/aromatic N) is 1. The Morgan fingerprint density at radius 1 is 1.19 bits per heavy atom. The molecule has 2 aromatic rings. The monoisotopic (exact) mass is 366 g/mol. The number of amides is 2. The van der Waals surface area contributed by atoms with Crippen LogP contribution >= 0.6 is 0 Å². The molecule has 0 saturated carbocycles. The maximum absolute atomic E-state index is 12.5. The third-order valence-corrected chi connectivity index (χ3v) is 4.50. The molecule has 1 unspecified atom stereocenters. The SMILES string of the molecule is COc1cccc(C(=O)NCCC2C=c3ccc(C)cc3=NC2=O)c1OC. The number of benzene rings is 2. The first-order valence-corrected chi connectivity index (χ1v) is 8.73. The molecule has 27 heavy (non-hydrogen) atoms. The summed E-state index contributed by atoms with van der Waals surface area (Å²) in [4.78, 5) is 28.9. The number of rotatable bonds is 6. The minimum absolute atomic E-state index is 0.179. The lowest BCUT2D eigenvalue weighted by Crippen LogP contribution is -2.35. The molecule has 140 valence electrons. The molecule has 6 heteroatoms. The molecule has 0 saturated heterocycles. The van der Waals surface area contributed by atoms with Crippen molar-refractivity contribution < 1.29 is 19.1 Å². The van der Waals surface area contributed by atoms with Gasteiger partial charge >= 0.3 is 0 Å². The molecule has 0 aromatic heterocycles. The minimum Gasteiger partial charge on any atom is -0.493 e. The standard InChI is InChI=1S/C21H22N2O4/c1-13-7-8-14-12-15(20(24)23-17(14)11-13)9-10-22-21(25)16-5-4-6-18(26-2)19(16)27-3/h4-8,11-12,15H,9-10H2,1-3H3,(H,22,25). The van der Waals surface area contributed by atoms with Crippen molar-refractivity contribution in [2.45, 2.75) is 13.3 Å². The van der Waals surface area contributed by atoms with Crippen molar-refractivity contribution in [1.82, 2.24) is 5.32 Å². The summed E-state index contributed by atoms with van der Waals surface area (Å²) in [6.45, 7) is 2.32. The quantitative estimate of drug-likeness (QED) is 0.838. The van der Waals surface area contributed by atoms with Crippen molar-refractivity contribution in [3.8, 4) is 11.5 Å². The fraction of sp³-hybridized carbons (Fsp3) is 0.286. The van der Waals surface area contributed by atoms with Crippen LogP contribution in [-0.2, 0) is 4.79 Å². The van der Waals surface area contributed by atoms with Crippen molar-refractivity contribution in [3.05, 3.63) is 58.1 Å². The van der Waals surface area contributed by atoms with Gasteiger partial charge in [0.15, 0.2) is 11.5 Å². The highest BCUT2D eigenvalue weighted by molar-refractivity contribution is 5.97. The molecule has 1 atom stereocenters. The molecule has 0 aliphatic carbocycles. The number of fused-ring (bicyclic) bond motifs is 1. The zero-order valence-corrected chi connectivity index (χ0v) is 15.6. The van der Waals surface area contributed by atoms with Gasteiger partial charge in [-0.3, -0.25) is 9.59 Å². The lowest BCUT2D eigenvalue weighted by molar-refractivity contribution is -0.120. The van der Waals surface area contributed by atoms with E-state index in [2.05, 4.69) is 10.3 Å². The zero-order valence-electron chi connectivity index (χ0n) is 15.6. The van der Waals surface area contributed by atoms with Gasteiger partial charge in [0.2, 0.25) is 0 Å². The van der Waals surface area contributed by atoms with Gasteiger partial charge in [-0.05, 0) is 42.3 Å². The Morgan fingerprint density at radius 3 is 2.74 bits per heavy atom. The predicted molar refractivity (Wildman–Crippen MR) is 101 cm³/mol. The molecule has 1 aliphatic heterocycles. The molecule has 0 spiro atoms. The van der Waals surface area contributed by atoms with Gasteiger partial charge in [0.1, 0.15) is 0 Å². The van der Waals surface area contributed by atoms with Gasteiger partial charge in [-0.15, -0.1) is 0 Å². The average molecular weight is 366 g/mol. The molecule has 0 fully saturated rings. The van der Waals surface area contributed by atoms with Crippen LogP contribution in [0.3, 0.4) is 0 Å². The van der Waals surface area contributed by atoms with Crippen LogP contribution in [0.25, 0.3) is 6.08 Å². The number of aryl methyl sites for hydroxylation is 1. The van der Waals surface area contributed by atoms with E-state index in [0.717, 1.165) is 10.8 Å². The van der Waals surface area contributed by atoms with Crippen LogP contribution in [-0.4, -0.2) is 32.6 Å². The molecule has 1 aliphatic rings. The first-order chi connectivity index (χ1) is 13.0. The summed E-state index contributed by atoms with van der Waals surface area (Å²) in [7, 11) is 3.01. The highest BCUT2D eigenvalue weighted by Gasteiger charge is 2.20. The normalized spacial score (nSPS) is 15.2. The summed E-state index contributed by atoms with van der Waals surface area (Å²) in [6.07, 6.45) is 2.40. The van der Waals surface area contributed by atoms with E-state index >= 15 is 0 Å². The maximum atomic E-state index is 12.5. The molecule has 2 aromatic carbocycles. The summed E-state index contributed by atoms with van der Waals surface area (Å²) in [5.41, 5.74) is 1.46. The van der Waals surface area contributed by atoms with E-state index in [1.54, 1.807) is 18.2 Å². The lowest BCUT2D eigenvalue weighted by atomic mass is 9.99. The first-order valence-electron chi connectivity index (χ1n) is 8.73. The summed E-state index contributed by atoms with van der Waals surface area (Å²) < 4.78 is 10.5. The van der Waals surface area contributed by atoms with Crippen LogP contribution in [0.1, 0.15) is 22.3 Å². The van der Waals surface area contributed by atoms with Gasteiger partial charge in [-0.1, -0.05) is 24.3 Å². The van der Waals surface area contributed by atoms with Crippen molar-refractivity contribution in [2.24, 2.45) is 10.9 Å². The molecule has 1 N–H and O–H groups in total. The smallest absolute Gasteiger partial charge is 0.255 e. The number of methoxy groups -OCH3 is 2. The van der Waals surface area contributed by atoms with Crippen molar-refractivity contribution >= 4 is 17.9 Å². The van der Waals surface area contributed by atoms with Crippen LogP contribution in [0.2, 0.25) is 0 Å². The van der Waals surface area contributed by atoms with Crippen LogP contribution in [0.5, 0.6) is 11.5 Å². The van der Waals surface area contributed by atoms with E-state index in [1.807, 2.05) is 31.2 Å². The summed E-state index contributed by atoms with van der Waals surface area (Å²) >= 11 is 0. The van der Waals surface area contributed by atoms with Crippen molar-refractivity contribution in [3.63, 3.8) is 0 Å². The molecule has 0 bridgehead atoms. The van der Waals surface area contributed by atoms with Crippen molar-refractivity contribution in [2.75, 3.05) is 20.8 Å². The maximum Gasteiger partial charge on any atom is 0.255 e. The number of ether oxygens (including phenoxy) is 2. The highest BCUT2D eigenvalue weighted by atomic mass is 16.5. The molecule has 2 amide bonds. The Hall–Kier alpha value is -3.15. The van der Waals surface area contributed by atoms with Crippen LogP contribution in [0.15, 0.2) is 41.4 Å². The second-order valence-electron chi connectivity index (χ2n) is 6.37. The molecule has 0 radical (unpaired) electrons. The number of carbonyl (C=O) groups is 2. The zero-order chi connectivity index (χ0) is 19.4. The van der Waals surface area contributed by atoms with E-state index in [-0.39, 0.29) is 17.7 Å². The van der Waals surface area contributed by atoms with Gasteiger partial charge in [0.25, 0.3) is 11.8 Å². The third-order valence-electron chi connectivity index (χ3n) is 4.50. The molecule has 1 heterocycles. The van der Waals surface area contributed by atoms with Crippen molar-refractivity contribution in [1.29, 1.82) is 0 Å². The first kappa shape index (κ1) is 18.6. The van der Waals surface area contributed by atoms with E-state index in [4.69, 9.17) is 9.47 Å². The van der Waals surface area contributed by atoms with E-state index < -0.39 is 0 Å². The second-order valence-corrected chi connectivity index (χ2v) is 6.37. The molecule has 3 rings (SSSR count). The third kappa shape index (κ3) is 4.00. The van der Waals surface area contributed by atoms with E-state index in [0.29, 0.717) is 35.4 Å². The highest BCUT2D eigenvalue weighted by Crippen LogP contribution is 2.30. The molecule has 6 nitrogen and oxygen atoms in total. The second kappa shape index (κ2) is 8.03. The number of para-hydroxylation sites is 1. The Bertz CT molecular complexity index is 998. The van der Waals surface area contributed by atoms with Crippen LogP contribution < -0.4 is 25.4 Å². The van der Waals surface area contributed by atoms with Gasteiger partial charge in [0, 0.05) is 6.54 Å². The van der Waals surface area contributed by atoms with Crippen LogP contribution in [0.4, 0.5) is 0 Å². The Morgan fingerprint density at radius 2 is 2.00 bits per heavy atom. The summed E-state index contributed by atoms with van der Waals surface area (Å²) in [5, 5.41) is 4.50. The topological polar surface area (TPSA) is 77.0 Å². The number of carbonyl (C=O) groups excluding carboxylic acids is 2. The Balaban J connectivity index is 1.67. The lowest BCUT2D eigenvalue weighted by Gasteiger charge is -2.15. The number of nitrogens with one attached hydrogen (secondary N) is 1. The summed E-state index contributed by atoms with van der Waals surface area (Å²) in [5.74, 6) is 0.0831. The van der Waals surface area contributed by atoms with E-state index in [1.165, 1.54) is 14.2 Å². The predicted octanol–water partition coefficient (Wildman–Crippen LogP) is 1.39. The number of hydrogen-bond donors (Lipinski definition) is 1. The fourth-order valence-corrected chi connectivity index (χ4v) is 3.09. The minimum atomic E-state index is -0.340. The van der Waals surface area contributed by atoms with Gasteiger partial charge in [-0.25, -0.2) is 4.99 Å². The fourth-order valence-electron chi connectivity index (χ4n) is 3.09. The average Bonchev–Trinajstić information content (AvgIpc) is 2.67. The van der Waals surface area contributed by atoms with Gasteiger partial charge < -0.3 is 14.8 Å². The summed E-state index contributed by atoms with van der Waals surface area (Å²) in [6, 6.07) is 11.0. The Labute approximate surface area is 157 Å². The molecular weight excluding hydrogens is 344 g/mol. The Kier molecular flexibility index (Phi) is 5.54. The largest absolute Gasteiger partial charge is 0.493 e.